The third kappa shape index (κ3) is 3.47. The molecule has 0 aromatic heterocycles. The van der Waals surface area contributed by atoms with E-state index in [1.807, 2.05) is 33.8 Å². The van der Waals surface area contributed by atoms with Crippen molar-refractivity contribution in [2.45, 2.75) is 98.4 Å². The average molecular weight is 551 g/mol. The Morgan fingerprint density at radius 2 is 1.62 bits per heavy atom. The van der Waals surface area contributed by atoms with Gasteiger partial charge in [-0.25, -0.2) is 9.78 Å². The highest BCUT2D eigenvalue weighted by atomic mass is 17.2. The molecule has 216 valence electrons. The van der Waals surface area contributed by atoms with Crippen molar-refractivity contribution in [3.8, 4) is 0 Å². The maximum absolute atomic E-state index is 15.4. The Bertz CT molecular complexity index is 1310. The molecule has 4 bridgehead atoms. The van der Waals surface area contributed by atoms with Crippen LogP contribution in [0.25, 0.3) is 0 Å². The quantitative estimate of drug-likeness (QED) is 0.231. The molecular weight excluding hydrogens is 508 g/mol. The molecule has 1 aliphatic heterocycles. The average Bonchev–Trinajstić information content (AvgIpc) is 3.07. The number of carbonyl (C=O) groups excluding carboxylic acids is 4. The minimum absolute atomic E-state index is 0.125. The first-order valence-corrected chi connectivity index (χ1v) is 14.4. The van der Waals surface area contributed by atoms with Crippen molar-refractivity contribution in [3.63, 3.8) is 0 Å². The molecule has 1 spiro atoms. The van der Waals surface area contributed by atoms with Crippen LogP contribution in [0.5, 0.6) is 0 Å². The molecule has 1 aromatic carbocycles. The van der Waals surface area contributed by atoms with Crippen LogP contribution in [-0.2, 0) is 24.2 Å². The lowest BCUT2D eigenvalue weighted by Gasteiger charge is -2.61. The van der Waals surface area contributed by atoms with Crippen LogP contribution in [0.1, 0.15) is 91.4 Å². The van der Waals surface area contributed by atoms with Crippen molar-refractivity contribution < 1.29 is 34.1 Å². The highest BCUT2D eigenvalue weighted by Crippen LogP contribution is 2.73. The molecule has 7 nitrogen and oxygen atoms in total. The van der Waals surface area contributed by atoms with E-state index in [0.29, 0.717) is 6.42 Å². The fourth-order valence-electron chi connectivity index (χ4n) is 8.45. The van der Waals surface area contributed by atoms with Crippen molar-refractivity contribution in [2.75, 3.05) is 0 Å². The first-order chi connectivity index (χ1) is 18.4. The maximum atomic E-state index is 15.4. The first-order valence-electron chi connectivity index (χ1n) is 14.4. The minimum Gasteiger partial charge on any atom is -0.388 e. The van der Waals surface area contributed by atoms with Crippen LogP contribution in [0.4, 0.5) is 0 Å². The molecule has 1 aromatic rings. The second-order valence-electron chi connectivity index (χ2n) is 14.5. The fourth-order valence-corrected chi connectivity index (χ4v) is 8.45. The first kappa shape index (κ1) is 29.0. The third-order valence-corrected chi connectivity index (χ3v) is 10.8. The summed E-state index contributed by atoms with van der Waals surface area (Å²) in [5.74, 6) is -3.17. The Morgan fingerprint density at radius 1 is 1.00 bits per heavy atom. The molecular formula is C33H42O7. The van der Waals surface area contributed by atoms with Crippen molar-refractivity contribution in [1.29, 1.82) is 0 Å². The Labute approximate surface area is 236 Å². The second-order valence-corrected chi connectivity index (χ2v) is 14.5. The molecule has 1 N–H and O–H groups in total. The lowest BCUT2D eigenvalue weighted by Crippen LogP contribution is -2.76. The summed E-state index contributed by atoms with van der Waals surface area (Å²) in [7, 11) is 0. The SMILES string of the molecule is CC(C)=CC[C@@]12C[C@@H]3C[C@@H]4C(C)(C)OO[C@@H](C(C)(C)O)C[C@@]4(C1=O)C(=O)[C@](C(=O)c1ccccc1)(C2=O)C3(C)C. The van der Waals surface area contributed by atoms with Gasteiger partial charge in [0.15, 0.2) is 28.5 Å². The number of ketones is 4. The fraction of sp³-hybridized carbons (Fsp3) is 0.636. The predicted octanol–water partition coefficient (Wildman–Crippen LogP) is 5.24. The van der Waals surface area contributed by atoms with Gasteiger partial charge in [-0.2, -0.15) is 0 Å². The van der Waals surface area contributed by atoms with Gasteiger partial charge in [0.25, 0.3) is 0 Å². The molecule has 4 saturated carbocycles. The molecule has 5 aliphatic rings. The van der Waals surface area contributed by atoms with E-state index in [1.54, 1.807) is 58.0 Å². The van der Waals surface area contributed by atoms with E-state index < -0.39 is 68.0 Å². The van der Waals surface area contributed by atoms with E-state index in [2.05, 4.69) is 0 Å². The van der Waals surface area contributed by atoms with Crippen molar-refractivity contribution in [1.82, 2.24) is 0 Å². The largest absolute Gasteiger partial charge is 0.388 e. The van der Waals surface area contributed by atoms with Gasteiger partial charge in [-0.3, -0.25) is 19.2 Å². The molecule has 6 atom stereocenters. The number of rotatable bonds is 5. The number of aliphatic hydroxyl groups is 1. The van der Waals surface area contributed by atoms with E-state index >= 15 is 14.4 Å². The maximum Gasteiger partial charge on any atom is 0.184 e. The third-order valence-electron chi connectivity index (χ3n) is 10.8. The summed E-state index contributed by atoms with van der Waals surface area (Å²) in [6.07, 6.45) is 1.48. The van der Waals surface area contributed by atoms with Crippen molar-refractivity contribution in [3.05, 3.63) is 47.5 Å². The highest BCUT2D eigenvalue weighted by molar-refractivity contribution is 6.42. The number of Topliss-reactive ketones (excluding diaryl/α,β-unsaturated/α-hetero) is 4. The molecule has 1 heterocycles. The van der Waals surface area contributed by atoms with Gasteiger partial charge < -0.3 is 5.11 Å². The van der Waals surface area contributed by atoms with E-state index in [-0.39, 0.29) is 30.7 Å². The molecule has 0 unspecified atom stereocenters. The normalized spacial score (nSPS) is 37.9. The molecule has 0 amide bonds. The Hall–Kier alpha value is -2.48. The lowest BCUT2D eigenvalue weighted by molar-refractivity contribution is -0.394. The Morgan fingerprint density at radius 3 is 2.20 bits per heavy atom. The Balaban J connectivity index is 1.91. The molecule has 0 radical (unpaired) electrons. The zero-order valence-corrected chi connectivity index (χ0v) is 24.9. The van der Waals surface area contributed by atoms with Crippen molar-refractivity contribution in [2.24, 2.45) is 33.5 Å². The number of carbonyl (C=O) groups is 4. The van der Waals surface area contributed by atoms with Crippen LogP contribution >= 0.6 is 0 Å². The standard InChI is InChI=1S/C33H42O7/c1-19(2)14-15-31-17-21-16-22-30(7,8)40-39-23(29(5,6)38)18-32(22,25(31)35)27(37)33(26(31)36,28(21,3)4)24(34)20-12-10-9-11-13-20/h9-14,21-23,38H,15-18H2,1-8H3/t21-,22+,23+,31+,32+,33-/m0/s1. The van der Waals surface area contributed by atoms with Gasteiger partial charge in [-0.05, 0) is 78.6 Å². The zero-order chi connectivity index (χ0) is 29.7. The summed E-state index contributed by atoms with van der Waals surface area (Å²) >= 11 is 0. The summed E-state index contributed by atoms with van der Waals surface area (Å²) < 4.78 is 0. The summed E-state index contributed by atoms with van der Waals surface area (Å²) in [5.41, 5.74) is -7.80. The van der Waals surface area contributed by atoms with Crippen molar-refractivity contribution >= 4 is 23.1 Å². The van der Waals surface area contributed by atoms with Gasteiger partial charge in [-0.1, -0.05) is 55.8 Å². The van der Waals surface area contributed by atoms with Gasteiger partial charge >= 0.3 is 0 Å². The number of hydrogen-bond acceptors (Lipinski definition) is 7. The van der Waals surface area contributed by atoms with Gasteiger partial charge in [0.05, 0.1) is 16.4 Å². The summed E-state index contributed by atoms with van der Waals surface area (Å²) in [5, 5.41) is 11.1. The van der Waals surface area contributed by atoms with E-state index in [4.69, 9.17) is 9.78 Å². The van der Waals surface area contributed by atoms with Crippen LogP contribution in [0, 0.1) is 33.5 Å². The van der Waals surface area contributed by atoms with Gasteiger partial charge in [-0.15, -0.1) is 0 Å². The van der Waals surface area contributed by atoms with Gasteiger partial charge in [0.2, 0.25) is 0 Å². The van der Waals surface area contributed by atoms with Crippen LogP contribution in [0.3, 0.4) is 0 Å². The van der Waals surface area contributed by atoms with E-state index in [0.717, 1.165) is 5.57 Å². The summed E-state index contributed by atoms with van der Waals surface area (Å²) in [6, 6.07) is 8.49. The minimum atomic E-state index is -2.07. The smallest absolute Gasteiger partial charge is 0.184 e. The Kier molecular flexibility index (Phi) is 6.36. The van der Waals surface area contributed by atoms with E-state index in [9.17, 15) is 9.90 Å². The van der Waals surface area contributed by atoms with Crippen LogP contribution in [-0.4, -0.2) is 45.5 Å². The number of allylic oxidation sites excluding steroid dienone is 2. The van der Waals surface area contributed by atoms with Gasteiger partial charge in [0, 0.05) is 11.5 Å². The molecule has 40 heavy (non-hydrogen) atoms. The molecule has 4 aliphatic carbocycles. The molecule has 6 rings (SSSR count). The summed E-state index contributed by atoms with van der Waals surface area (Å²) in [6.45, 7) is 14.2. The van der Waals surface area contributed by atoms with Crippen LogP contribution in [0.15, 0.2) is 42.0 Å². The topological polar surface area (TPSA) is 107 Å². The highest BCUT2D eigenvalue weighted by Gasteiger charge is 2.85. The zero-order valence-electron chi connectivity index (χ0n) is 24.9. The number of hydrogen-bond donors (Lipinski definition) is 1. The summed E-state index contributed by atoms with van der Waals surface area (Å²) in [4.78, 5) is 72.2. The molecule has 5 fully saturated rings. The second kappa shape index (κ2) is 8.76. The van der Waals surface area contributed by atoms with Crippen LogP contribution in [0.2, 0.25) is 0 Å². The van der Waals surface area contributed by atoms with Crippen LogP contribution < -0.4 is 0 Å². The number of benzene rings is 1. The van der Waals surface area contributed by atoms with E-state index in [1.165, 1.54) is 0 Å². The molecule has 1 saturated heterocycles. The predicted molar refractivity (Wildman–Crippen MR) is 148 cm³/mol. The molecule has 7 heteroatoms. The monoisotopic (exact) mass is 550 g/mol. The van der Waals surface area contributed by atoms with Gasteiger partial charge in [0.1, 0.15) is 11.7 Å². The lowest BCUT2D eigenvalue weighted by atomic mass is 9.36.